The highest BCUT2D eigenvalue weighted by molar-refractivity contribution is 6.33. The first-order valence-electron chi connectivity index (χ1n) is 6.96. The van der Waals surface area contributed by atoms with Crippen molar-refractivity contribution >= 4 is 11.6 Å². The molecule has 0 aliphatic heterocycles. The van der Waals surface area contributed by atoms with E-state index in [4.69, 9.17) is 11.6 Å². The molecule has 2 aromatic carbocycles. The van der Waals surface area contributed by atoms with Crippen molar-refractivity contribution in [2.45, 2.75) is 34.2 Å². The molecule has 0 aromatic heterocycles. The van der Waals surface area contributed by atoms with Gasteiger partial charge in [-0.3, -0.25) is 0 Å². The molecule has 0 saturated carbocycles. The van der Waals surface area contributed by atoms with Crippen molar-refractivity contribution in [2.24, 2.45) is 0 Å². The Bertz CT molecular complexity index is 618. The summed E-state index contributed by atoms with van der Waals surface area (Å²) in [4.78, 5) is 0. The largest absolute Gasteiger partial charge is 0.316 e. The third-order valence-electron chi connectivity index (χ3n) is 4.05. The molecular formula is C18H22ClN. The van der Waals surface area contributed by atoms with Crippen LogP contribution in [0.4, 0.5) is 0 Å². The van der Waals surface area contributed by atoms with Crippen LogP contribution in [-0.2, 0) is 6.54 Å². The standard InChI is InChI=1S/C18H22ClN/c1-11-8-12(2)14(4)18(13(11)3)16-7-6-15(10-20-5)9-17(16)19/h6-9,20H,10H2,1-5H3. The molecule has 0 radical (unpaired) electrons. The van der Waals surface area contributed by atoms with Gasteiger partial charge in [-0.2, -0.15) is 0 Å². The molecule has 0 fully saturated rings. The monoisotopic (exact) mass is 287 g/mol. The zero-order chi connectivity index (χ0) is 14.9. The molecule has 0 bridgehead atoms. The lowest BCUT2D eigenvalue weighted by Crippen LogP contribution is -2.05. The van der Waals surface area contributed by atoms with Gasteiger partial charge in [0.1, 0.15) is 0 Å². The van der Waals surface area contributed by atoms with Crippen LogP contribution in [0, 0.1) is 27.7 Å². The molecule has 2 rings (SSSR count). The van der Waals surface area contributed by atoms with E-state index in [1.54, 1.807) is 0 Å². The molecule has 0 spiro atoms. The van der Waals surface area contributed by atoms with Crippen molar-refractivity contribution in [3.8, 4) is 11.1 Å². The summed E-state index contributed by atoms with van der Waals surface area (Å²) in [6.45, 7) is 9.51. The molecule has 0 heterocycles. The summed E-state index contributed by atoms with van der Waals surface area (Å²) in [5, 5.41) is 3.98. The summed E-state index contributed by atoms with van der Waals surface area (Å²) < 4.78 is 0. The minimum atomic E-state index is 0.828. The number of hydrogen-bond donors (Lipinski definition) is 1. The van der Waals surface area contributed by atoms with E-state index in [2.05, 4.69) is 57.3 Å². The van der Waals surface area contributed by atoms with Gasteiger partial charge in [-0.15, -0.1) is 0 Å². The third-order valence-corrected chi connectivity index (χ3v) is 4.36. The van der Waals surface area contributed by atoms with Crippen molar-refractivity contribution in [1.29, 1.82) is 0 Å². The molecule has 0 aliphatic carbocycles. The van der Waals surface area contributed by atoms with Crippen LogP contribution in [0.5, 0.6) is 0 Å². The van der Waals surface area contributed by atoms with Crippen LogP contribution in [0.2, 0.25) is 5.02 Å². The Morgan fingerprint density at radius 3 is 2.05 bits per heavy atom. The molecular weight excluding hydrogens is 266 g/mol. The quantitative estimate of drug-likeness (QED) is 0.841. The van der Waals surface area contributed by atoms with E-state index in [-0.39, 0.29) is 0 Å². The number of aryl methyl sites for hydroxylation is 2. The summed E-state index contributed by atoms with van der Waals surface area (Å²) >= 11 is 6.52. The first kappa shape index (κ1) is 15.1. The normalized spacial score (nSPS) is 10.9. The molecule has 0 amide bonds. The number of rotatable bonds is 3. The van der Waals surface area contributed by atoms with E-state index in [1.165, 1.54) is 33.4 Å². The molecule has 0 atom stereocenters. The number of halogens is 1. The summed E-state index contributed by atoms with van der Waals surface area (Å²) in [5.74, 6) is 0. The number of hydrogen-bond acceptors (Lipinski definition) is 1. The molecule has 20 heavy (non-hydrogen) atoms. The first-order valence-corrected chi connectivity index (χ1v) is 7.34. The maximum absolute atomic E-state index is 6.52. The summed E-state index contributed by atoms with van der Waals surface area (Å²) in [6, 6.07) is 8.60. The summed E-state index contributed by atoms with van der Waals surface area (Å²) in [7, 11) is 1.94. The molecule has 0 aliphatic rings. The maximum Gasteiger partial charge on any atom is 0.0487 e. The van der Waals surface area contributed by atoms with Crippen LogP contribution in [-0.4, -0.2) is 7.05 Å². The van der Waals surface area contributed by atoms with Gasteiger partial charge in [0.2, 0.25) is 0 Å². The topological polar surface area (TPSA) is 12.0 Å². The minimum Gasteiger partial charge on any atom is -0.316 e. The fraction of sp³-hybridized carbons (Fsp3) is 0.333. The molecule has 0 saturated heterocycles. The van der Waals surface area contributed by atoms with E-state index in [9.17, 15) is 0 Å². The van der Waals surface area contributed by atoms with E-state index >= 15 is 0 Å². The number of benzene rings is 2. The Morgan fingerprint density at radius 1 is 0.950 bits per heavy atom. The SMILES string of the molecule is CNCc1ccc(-c2c(C)c(C)cc(C)c2C)c(Cl)c1. The van der Waals surface area contributed by atoms with E-state index in [0.717, 1.165) is 17.1 Å². The van der Waals surface area contributed by atoms with Crippen LogP contribution in [0.15, 0.2) is 24.3 Å². The number of nitrogens with one attached hydrogen (secondary N) is 1. The Morgan fingerprint density at radius 2 is 1.55 bits per heavy atom. The smallest absolute Gasteiger partial charge is 0.0487 e. The second-order valence-electron chi connectivity index (χ2n) is 5.48. The lowest BCUT2D eigenvalue weighted by atomic mass is 9.89. The molecule has 1 nitrogen and oxygen atoms in total. The highest BCUT2D eigenvalue weighted by Crippen LogP contribution is 2.36. The van der Waals surface area contributed by atoms with Gasteiger partial charge in [0.15, 0.2) is 0 Å². The second kappa shape index (κ2) is 5.99. The van der Waals surface area contributed by atoms with E-state index in [1.807, 2.05) is 7.05 Å². The van der Waals surface area contributed by atoms with E-state index < -0.39 is 0 Å². The first-order chi connectivity index (χ1) is 9.45. The molecule has 106 valence electrons. The Labute approximate surface area is 127 Å². The average Bonchev–Trinajstić information content (AvgIpc) is 2.39. The predicted molar refractivity (Wildman–Crippen MR) is 88.6 cm³/mol. The molecule has 0 unspecified atom stereocenters. The van der Waals surface area contributed by atoms with Gasteiger partial charge in [0.25, 0.3) is 0 Å². The third kappa shape index (κ3) is 2.74. The van der Waals surface area contributed by atoms with Crippen LogP contribution in [0.3, 0.4) is 0 Å². The Hall–Kier alpha value is -1.31. The van der Waals surface area contributed by atoms with Gasteiger partial charge in [0, 0.05) is 17.1 Å². The van der Waals surface area contributed by atoms with Gasteiger partial charge in [-0.05, 0) is 74.2 Å². The predicted octanol–water partition coefficient (Wildman–Crippen LogP) is 4.96. The van der Waals surface area contributed by atoms with Crippen molar-refractivity contribution in [1.82, 2.24) is 5.32 Å². The molecule has 2 aromatic rings. The zero-order valence-electron chi connectivity index (χ0n) is 12.9. The maximum atomic E-state index is 6.52. The average molecular weight is 288 g/mol. The molecule has 2 heteroatoms. The van der Waals surface area contributed by atoms with Crippen LogP contribution < -0.4 is 5.32 Å². The van der Waals surface area contributed by atoms with E-state index in [0.29, 0.717) is 0 Å². The second-order valence-corrected chi connectivity index (χ2v) is 5.89. The van der Waals surface area contributed by atoms with Crippen molar-refractivity contribution < 1.29 is 0 Å². The van der Waals surface area contributed by atoms with Gasteiger partial charge in [-0.25, -0.2) is 0 Å². The highest BCUT2D eigenvalue weighted by atomic mass is 35.5. The van der Waals surface area contributed by atoms with Crippen LogP contribution in [0.1, 0.15) is 27.8 Å². The fourth-order valence-corrected chi connectivity index (χ4v) is 2.99. The van der Waals surface area contributed by atoms with Crippen molar-refractivity contribution in [3.63, 3.8) is 0 Å². The lowest BCUT2D eigenvalue weighted by molar-refractivity contribution is 0.818. The Balaban J connectivity index is 2.63. The Kier molecular flexibility index (Phi) is 4.52. The van der Waals surface area contributed by atoms with Gasteiger partial charge in [-0.1, -0.05) is 29.8 Å². The highest BCUT2D eigenvalue weighted by Gasteiger charge is 2.13. The summed E-state index contributed by atoms with van der Waals surface area (Å²) in [6.07, 6.45) is 0. The van der Waals surface area contributed by atoms with Crippen molar-refractivity contribution in [2.75, 3.05) is 7.05 Å². The van der Waals surface area contributed by atoms with Gasteiger partial charge in [0.05, 0.1) is 0 Å². The van der Waals surface area contributed by atoms with Gasteiger partial charge < -0.3 is 5.32 Å². The zero-order valence-corrected chi connectivity index (χ0v) is 13.7. The lowest BCUT2D eigenvalue weighted by Gasteiger charge is -2.17. The molecule has 1 N–H and O–H groups in total. The summed E-state index contributed by atoms with van der Waals surface area (Å²) in [5.41, 5.74) is 8.89. The minimum absolute atomic E-state index is 0.828. The fourth-order valence-electron chi connectivity index (χ4n) is 2.70. The van der Waals surface area contributed by atoms with Gasteiger partial charge >= 0.3 is 0 Å². The van der Waals surface area contributed by atoms with Crippen LogP contribution >= 0.6 is 11.6 Å². The van der Waals surface area contributed by atoms with Crippen molar-refractivity contribution in [3.05, 3.63) is 57.1 Å². The van der Waals surface area contributed by atoms with Crippen LogP contribution in [0.25, 0.3) is 11.1 Å².